The first-order chi connectivity index (χ1) is 13.3. The van der Waals surface area contributed by atoms with Crippen LogP contribution in [0.1, 0.15) is 49.5 Å². The van der Waals surface area contributed by atoms with Gasteiger partial charge in [0.05, 0.1) is 8.07 Å². The van der Waals surface area contributed by atoms with Gasteiger partial charge in [-0.05, 0) is 25.5 Å². The number of halogens is 2. The standard InChI is InChI=1S/C14H11.C11H14SSi.2ClH.Zr/c1-10-8-12-7-6-11-4-2-3-5-13(11)14(12)9-10;1-6-5-8-9(12-6)11-7(2)10(8)13(11,3)4;;;/h2-9H,1H3;5,11H,1-4H3;2*1H;/q;;;;+2/p-2. The molecule has 30 heavy (non-hydrogen) atoms. The molecule has 153 valence electrons. The van der Waals surface area contributed by atoms with E-state index in [4.69, 9.17) is 0 Å². The van der Waals surface area contributed by atoms with Crippen LogP contribution in [0.25, 0.3) is 22.0 Å². The minimum absolute atomic E-state index is 0. The molecular weight excluding hydrogens is 523 g/mol. The summed E-state index contributed by atoms with van der Waals surface area (Å²) in [6.45, 7) is 11.8. The van der Waals surface area contributed by atoms with E-state index in [9.17, 15) is 0 Å². The van der Waals surface area contributed by atoms with E-state index in [1.165, 1.54) is 32.3 Å². The van der Waals surface area contributed by atoms with Crippen molar-refractivity contribution in [2.75, 3.05) is 0 Å². The van der Waals surface area contributed by atoms with Gasteiger partial charge in [-0.25, -0.2) is 0 Å². The van der Waals surface area contributed by atoms with Crippen LogP contribution >= 0.6 is 11.3 Å². The van der Waals surface area contributed by atoms with Crippen LogP contribution in [-0.4, -0.2) is 8.07 Å². The van der Waals surface area contributed by atoms with Gasteiger partial charge in [0.15, 0.2) is 0 Å². The maximum atomic E-state index is 2.52. The maximum absolute atomic E-state index is 2.52. The number of allylic oxidation sites excluding steroid dienone is 2. The number of hydrogen-bond donors (Lipinski definition) is 0. The fourth-order valence-corrected chi connectivity index (χ4v) is 12.8. The molecule has 0 amide bonds. The third-order valence-corrected chi connectivity index (χ3v) is 14.1. The molecule has 0 radical (unpaired) electrons. The normalized spacial score (nSPS) is 21.5. The van der Waals surface area contributed by atoms with Gasteiger partial charge in [0, 0.05) is 15.3 Å². The van der Waals surface area contributed by atoms with Gasteiger partial charge in [-0.3, -0.25) is 0 Å². The van der Waals surface area contributed by atoms with Crippen LogP contribution in [0, 0.1) is 6.92 Å². The summed E-state index contributed by atoms with van der Waals surface area (Å²) in [5, 5.41) is 4.53. The molecule has 3 aromatic rings. The van der Waals surface area contributed by atoms with Crippen molar-refractivity contribution in [2.45, 2.75) is 43.0 Å². The van der Waals surface area contributed by atoms with Crippen molar-refractivity contribution < 1.29 is 49.5 Å². The molecular formula is C25H25Cl2SSiZr. The zero-order valence-corrected chi connectivity index (χ0v) is 23.7. The molecule has 3 heterocycles. The first-order valence-electron chi connectivity index (χ1n) is 10.0. The molecule has 7 rings (SSSR count). The van der Waals surface area contributed by atoms with Crippen molar-refractivity contribution in [1.82, 2.24) is 0 Å². The Morgan fingerprint density at radius 1 is 0.967 bits per heavy atom. The molecule has 0 saturated carbocycles. The molecule has 5 heteroatoms. The number of rotatable bonds is 0. The van der Waals surface area contributed by atoms with Crippen LogP contribution in [0.3, 0.4) is 0 Å². The second-order valence-corrected chi connectivity index (χ2v) is 16.2. The van der Waals surface area contributed by atoms with Crippen LogP contribution < -0.4 is 24.8 Å². The molecule has 2 bridgehead atoms. The molecule has 2 aromatic carbocycles. The van der Waals surface area contributed by atoms with Crippen LogP contribution in [0.2, 0.25) is 13.1 Å². The molecule has 4 aliphatic rings. The number of fused-ring (bicyclic) bond motifs is 3. The molecule has 0 nitrogen and oxygen atoms in total. The third-order valence-electron chi connectivity index (χ3n) is 6.75. The summed E-state index contributed by atoms with van der Waals surface area (Å²) < 4.78 is 0.678. The van der Waals surface area contributed by atoms with Crippen molar-refractivity contribution >= 4 is 41.5 Å². The Hall–Kier alpha value is -0.440. The summed E-state index contributed by atoms with van der Waals surface area (Å²) in [6, 6.07) is 15.6. The second-order valence-electron chi connectivity index (χ2n) is 8.96. The van der Waals surface area contributed by atoms with Gasteiger partial charge in [-0.2, -0.15) is 0 Å². The zero-order valence-electron chi connectivity index (χ0n) is 17.9. The monoisotopic (exact) mass is 545 g/mol. The first-order valence-corrected chi connectivity index (χ1v) is 15.3. The van der Waals surface area contributed by atoms with E-state index in [0.717, 1.165) is 5.54 Å². The number of thiophene rings is 1. The molecule has 2 aliphatic carbocycles. The molecule has 0 N–H and O–H groups in total. The van der Waals surface area contributed by atoms with Crippen molar-refractivity contribution in [3.05, 3.63) is 80.1 Å². The number of aryl methyl sites for hydroxylation is 1. The number of hydrogen-bond acceptors (Lipinski definition) is 1. The predicted octanol–water partition coefficient (Wildman–Crippen LogP) is 1.58. The first kappa shape index (κ1) is 24.2. The van der Waals surface area contributed by atoms with Crippen LogP contribution in [0.15, 0.2) is 53.6 Å². The van der Waals surface area contributed by atoms with Gasteiger partial charge in [0.2, 0.25) is 0 Å². The summed E-state index contributed by atoms with van der Waals surface area (Å²) in [5.74, 6) is 0. The molecule has 0 saturated heterocycles. The van der Waals surface area contributed by atoms with E-state index < -0.39 is 8.07 Å². The minimum Gasteiger partial charge on any atom is -1.00 e. The van der Waals surface area contributed by atoms with Gasteiger partial charge < -0.3 is 24.8 Å². The largest absolute Gasteiger partial charge is 1.00 e. The quantitative estimate of drug-likeness (QED) is 0.375. The number of benzene rings is 2. The second kappa shape index (κ2) is 8.49. The Labute approximate surface area is 212 Å². The average Bonchev–Trinajstić information content (AvgIpc) is 3.30. The van der Waals surface area contributed by atoms with Gasteiger partial charge in [0.25, 0.3) is 0 Å². The van der Waals surface area contributed by atoms with Crippen molar-refractivity contribution in [2.24, 2.45) is 0 Å². The van der Waals surface area contributed by atoms with Crippen molar-refractivity contribution in [1.29, 1.82) is 0 Å². The van der Waals surface area contributed by atoms with E-state index in [0.29, 0.717) is 3.63 Å². The molecule has 0 fully saturated rings. The summed E-state index contributed by atoms with van der Waals surface area (Å²) in [6.07, 6.45) is 2.36. The summed E-state index contributed by atoms with van der Waals surface area (Å²) in [7, 11) is -0.995. The fraction of sp³-hybridized carbons (Fsp3) is 0.280. The van der Waals surface area contributed by atoms with Gasteiger partial charge in [-0.15, -0.1) is 11.3 Å². The Morgan fingerprint density at radius 3 is 2.33 bits per heavy atom. The van der Waals surface area contributed by atoms with E-state index in [1.54, 1.807) is 45.9 Å². The smallest absolute Gasteiger partial charge is 1.00 e. The Kier molecular flexibility index (Phi) is 6.85. The Balaban J connectivity index is 0.000000161. The molecule has 2 aliphatic heterocycles. The summed E-state index contributed by atoms with van der Waals surface area (Å²) >= 11 is 3.62. The zero-order chi connectivity index (χ0) is 19.8. The van der Waals surface area contributed by atoms with Gasteiger partial charge in [0.1, 0.15) is 0 Å². The topological polar surface area (TPSA) is 0 Å². The summed E-state index contributed by atoms with van der Waals surface area (Å²) in [4.78, 5) is 3.19. The van der Waals surface area contributed by atoms with Gasteiger partial charge >= 0.3 is 105 Å². The van der Waals surface area contributed by atoms with Crippen molar-refractivity contribution in [3.8, 4) is 0 Å². The van der Waals surface area contributed by atoms with Crippen molar-refractivity contribution in [3.63, 3.8) is 0 Å². The minimum atomic E-state index is -0.995. The molecule has 2 unspecified atom stereocenters. The van der Waals surface area contributed by atoms with E-state index in [1.807, 2.05) is 11.3 Å². The van der Waals surface area contributed by atoms with Gasteiger partial charge in [-0.1, -0.05) is 23.9 Å². The third kappa shape index (κ3) is 3.41. The Bertz CT molecular complexity index is 1210. The summed E-state index contributed by atoms with van der Waals surface area (Å²) in [5.41, 5.74) is 8.69. The molecule has 1 aromatic heterocycles. The van der Waals surface area contributed by atoms with E-state index >= 15 is 0 Å². The van der Waals surface area contributed by atoms with Crippen LogP contribution in [-0.2, 0) is 24.7 Å². The van der Waals surface area contributed by atoms with E-state index in [2.05, 4.69) is 82.4 Å². The maximum Gasteiger partial charge on any atom is -1.00 e. The molecule has 0 spiro atoms. The average molecular weight is 548 g/mol. The molecule has 2 atom stereocenters. The van der Waals surface area contributed by atoms with Crippen LogP contribution in [0.4, 0.5) is 0 Å². The Morgan fingerprint density at radius 2 is 1.67 bits per heavy atom. The predicted molar refractivity (Wildman–Crippen MR) is 122 cm³/mol. The van der Waals surface area contributed by atoms with E-state index in [-0.39, 0.29) is 24.8 Å². The van der Waals surface area contributed by atoms with Crippen LogP contribution in [0.5, 0.6) is 0 Å². The SMILES string of the molecule is CC1=C2c3cc(C)sc3C1[Si]2(C)C.CC1=Cc2c(ccc3ccccc23)[CH]1[Zr+2].[Cl-].[Cl-]. The fourth-order valence-electron chi connectivity index (χ4n) is 5.57.